The van der Waals surface area contributed by atoms with Gasteiger partial charge in [-0.15, -0.1) is 0 Å². The van der Waals surface area contributed by atoms with E-state index in [1.165, 1.54) is 0 Å². The molecule has 1 aliphatic rings. The molecule has 3 rings (SSSR count). The van der Waals surface area contributed by atoms with E-state index in [4.69, 9.17) is 16.3 Å². The minimum atomic E-state index is -0.666. The van der Waals surface area contributed by atoms with Crippen LogP contribution in [0.1, 0.15) is 56.7 Å². The van der Waals surface area contributed by atoms with Crippen molar-refractivity contribution in [3.63, 3.8) is 0 Å². The van der Waals surface area contributed by atoms with E-state index in [9.17, 15) is 14.7 Å². The Labute approximate surface area is 188 Å². The number of aliphatic hydroxyl groups is 1. The molecule has 0 aliphatic carbocycles. The normalized spacial score (nSPS) is 17.9. The fourth-order valence-electron chi connectivity index (χ4n) is 3.72. The Kier molecular flexibility index (Phi) is 7.75. The second kappa shape index (κ2) is 10.5. The number of carbonyl (C=O) groups excluding carboxylic acids is 2. The summed E-state index contributed by atoms with van der Waals surface area (Å²) in [4.78, 5) is 27.4. The van der Waals surface area contributed by atoms with E-state index in [0.29, 0.717) is 29.5 Å². The first-order valence-corrected chi connectivity index (χ1v) is 11.1. The van der Waals surface area contributed by atoms with Gasteiger partial charge >= 0.3 is 0 Å². The average Bonchev–Trinajstić information content (AvgIpc) is 3.03. The highest BCUT2D eigenvalue weighted by Crippen LogP contribution is 2.40. The van der Waals surface area contributed by atoms with Gasteiger partial charge in [0.15, 0.2) is 0 Å². The molecule has 0 saturated carbocycles. The van der Waals surface area contributed by atoms with Crippen molar-refractivity contribution in [1.82, 2.24) is 4.90 Å². The van der Waals surface area contributed by atoms with Crippen LogP contribution >= 0.6 is 11.6 Å². The summed E-state index contributed by atoms with van der Waals surface area (Å²) in [7, 11) is 0. The maximum Gasteiger partial charge on any atom is 0.295 e. The summed E-state index contributed by atoms with van der Waals surface area (Å²) in [6.07, 6.45) is 3.64. The summed E-state index contributed by atoms with van der Waals surface area (Å²) < 4.78 is 5.59. The van der Waals surface area contributed by atoms with Crippen LogP contribution in [0.4, 0.5) is 0 Å². The molecule has 1 N–H and O–H groups in total. The number of likely N-dealkylation sites (tertiary alicyclic amines) is 1. The maximum absolute atomic E-state index is 13.0. The number of halogens is 1. The molecule has 1 heterocycles. The summed E-state index contributed by atoms with van der Waals surface area (Å²) in [5.41, 5.74) is 1.31. The molecule has 0 spiro atoms. The molecule has 0 aromatic heterocycles. The molecule has 1 saturated heterocycles. The standard InChI is InChI=1S/C25H28ClNO4/c1-3-5-6-15-27-22(17-7-11-19(26)12-8-17)21(24(29)25(27)30)23(28)18-9-13-20(14-10-18)31-16-4-2/h7-14,22,28H,3-6,15-16H2,1-2H3/b23-21-. The fraction of sp³-hybridized carbons (Fsp3) is 0.360. The number of unbranched alkanes of at least 4 members (excludes halogenated alkanes) is 2. The van der Waals surface area contributed by atoms with Gasteiger partial charge in [0.05, 0.1) is 18.2 Å². The highest BCUT2D eigenvalue weighted by atomic mass is 35.5. The van der Waals surface area contributed by atoms with Gasteiger partial charge < -0.3 is 14.7 Å². The van der Waals surface area contributed by atoms with E-state index in [1.807, 2.05) is 6.92 Å². The number of rotatable bonds is 9. The molecule has 0 radical (unpaired) electrons. The highest BCUT2D eigenvalue weighted by Gasteiger charge is 2.45. The number of amides is 1. The molecule has 1 amide bonds. The molecular formula is C25H28ClNO4. The first kappa shape index (κ1) is 22.9. The molecule has 2 aromatic rings. The van der Waals surface area contributed by atoms with Crippen molar-refractivity contribution in [3.8, 4) is 5.75 Å². The zero-order valence-electron chi connectivity index (χ0n) is 17.9. The lowest BCUT2D eigenvalue weighted by molar-refractivity contribution is -0.139. The van der Waals surface area contributed by atoms with Gasteiger partial charge in [0.25, 0.3) is 11.7 Å². The number of hydrogen-bond acceptors (Lipinski definition) is 4. The maximum atomic E-state index is 13.0. The number of benzene rings is 2. The summed E-state index contributed by atoms with van der Waals surface area (Å²) in [6, 6.07) is 13.3. The van der Waals surface area contributed by atoms with Crippen molar-refractivity contribution in [2.75, 3.05) is 13.2 Å². The smallest absolute Gasteiger partial charge is 0.295 e. The lowest BCUT2D eigenvalue weighted by atomic mass is 9.95. The zero-order chi connectivity index (χ0) is 22.4. The second-order valence-electron chi connectivity index (χ2n) is 7.62. The number of Topliss-reactive ketones (excluding diaryl/α,β-unsaturated/α-hetero) is 1. The first-order chi connectivity index (χ1) is 15.0. The number of aliphatic hydroxyl groups excluding tert-OH is 1. The Morgan fingerprint density at radius 3 is 2.29 bits per heavy atom. The van der Waals surface area contributed by atoms with E-state index in [-0.39, 0.29) is 11.3 Å². The third-order valence-corrected chi connectivity index (χ3v) is 5.58. The van der Waals surface area contributed by atoms with Gasteiger partial charge in [-0.2, -0.15) is 0 Å². The molecule has 0 bridgehead atoms. The van der Waals surface area contributed by atoms with Crippen LogP contribution in [0.15, 0.2) is 54.1 Å². The van der Waals surface area contributed by atoms with E-state index < -0.39 is 17.7 Å². The molecule has 1 aliphatic heterocycles. The highest BCUT2D eigenvalue weighted by molar-refractivity contribution is 6.46. The molecule has 1 unspecified atom stereocenters. The number of hydrogen-bond donors (Lipinski definition) is 1. The summed E-state index contributed by atoms with van der Waals surface area (Å²) in [5.74, 6) is -0.744. The average molecular weight is 442 g/mol. The fourth-order valence-corrected chi connectivity index (χ4v) is 3.84. The summed E-state index contributed by atoms with van der Waals surface area (Å²) in [6.45, 7) is 5.16. The molecule has 6 heteroatoms. The van der Waals surface area contributed by atoms with Crippen molar-refractivity contribution >= 4 is 29.1 Å². The predicted octanol–water partition coefficient (Wildman–Crippen LogP) is 5.74. The van der Waals surface area contributed by atoms with Gasteiger partial charge in [-0.05, 0) is 54.8 Å². The quantitative estimate of drug-likeness (QED) is 0.233. The van der Waals surface area contributed by atoms with E-state index in [2.05, 4.69) is 6.92 Å². The lowest BCUT2D eigenvalue weighted by Crippen LogP contribution is -2.30. The van der Waals surface area contributed by atoms with Crippen LogP contribution in [-0.4, -0.2) is 34.8 Å². The van der Waals surface area contributed by atoms with Gasteiger partial charge in [0.2, 0.25) is 0 Å². The van der Waals surface area contributed by atoms with E-state index in [1.54, 1.807) is 53.4 Å². The Morgan fingerprint density at radius 1 is 1.00 bits per heavy atom. The van der Waals surface area contributed by atoms with Crippen molar-refractivity contribution < 1.29 is 19.4 Å². The van der Waals surface area contributed by atoms with Gasteiger partial charge in [-0.3, -0.25) is 9.59 Å². The van der Waals surface area contributed by atoms with E-state index in [0.717, 1.165) is 31.2 Å². The first-order valence-electron chi connectivity index (χ1n) is 10.7. The lowest BCUT2D eigenvalue weighted by Gasteiger charge is -2.25. The molecule has 2 aromatic carbocycles. The number of nitrogens with zero attached hydrogens (tertiary/aromatic N) is 1. The summed E-state index contributed by atoms with van der Waals surface area (Å²) >= 11 is 6.04. The van der Waals surface area contributed by atoms with Gasteiger partial charge in [0, 0.05) is 17.1 Å². The van der Waals surface area contributed by atoms with Gasteiger partial charge in [-0.1, -0.05) is 50.4 Å². The van der Waals surface area contributed by atoms with Crippen LogP contribution in [0.5, 0.6) is 5.75 Å². The van der Waals surface area contributed by atoms with Gasteiger partial charge in [-0.25, -0.2) is 0 Å². The van der Waals surface area contributed by atoms with Crippen molar-refractivity contribution in [1.29, 1.82) is 0 Å². The predicted molar refractivity (Wildman–Crippen MR) is 122 cm³/mol. The topological polar surface area (TPSA) is 66.8 Å². The van der Waals surface area contributed by atoms with Crippen LogP contribution in [0.2, 0.25) is 5.02 Å². The SMILES string of the molecule is CCCCCN1C(=O)C(=O)/C(=C(\O)c2ccc(OCCC)cc2)C1c1ccc(Cl)cc1. The number of ether oxygens (including phenoxy) is 1. The van der Waals surface area contributed by atoms with Gasteiger partial charge in [0.1, 0.15) is 11.5 Å². The van der Waals surface area contributed by atoms with Crippen molar-refractivity contribution in [3.05, 3.63) is 70.3 Å². The minimum Gasteiger partial charge on any atom is -0.507 e. The third-order valence-electron chi connectivity index (χ3n) is 5.33. The van der Waals surface area contributed by atoms with Crippen LogP contribution in [0, 0.1) is 0 Å². The van der Waals surface area contributed by atoms with Crippen molar-refractivity contribution in [2.24, 2.45) is 0 Å². The third kappa shape index (κ3) is 5.10. The molecule has 1 atom stereocenters. The molecular weight excluding hydrogens is 414 g/mol. The largest absolute Gasteiger partial charge is 0.507 e. The van der Waals surface area contributed by atoms with Crippen LogP contribution in [0.25, 0.3) is 5.76 Å². The monoisotopic (exact) mass is 441 g/mol. The Hall–Kier alpha value is -2.79. The number of ketones is 1. The number of carbonyl (C=O) groups is 2. The minimum absolute atomic E-state index is 0.103. The van der Waals surface area contributed by atoms with Crippen LogP contribution in [0.3, 0.4) is 0 Å². The van der Waals surface area contributed by atoms with Crippen LogP contribution in [-0.2, 0) is 9.59 Å². The molecule has 5 nitrogen and oxygen atoms in total. The van der Waals surface area contributed by atoms with Crippen molar-refractivity contribution in [2.45, 2.75) is 45.6 Å². The Balaban J connectivity index is 2.02. The second-order valence-corrected chi connectivity index (χ2v) is 8.06. The molecule has 31 heavy (non-hydrogen) atoms. The molecule has 1 fully saturated rings. The Morgan fingerprint density at radius 2 is 1.68 bits per heavy atom. The Bertz CT molecular complexity index is 950. The molecule has 164 valence electrons. The van der Waals surface area contributed by atoms with E-state index >= 15 is 0 Å². The zero-order valence-corrected chi connectivity index (χ0v) is 18.7. The summed E-state index contributed by atoms with van der Waals surface area (Å²) in [5, 5.41) is 11.6. The van der Waals surface area contributed by atoms with Crippen LogP contribution < -0.4 is 4.74 Å².